The van der Waals surface area contributed by atoms with Gasteiger partial charge in [0.15, 0.2) is 5.69 Å². The topological polar surface area (TPSA) is 81.2 Å². The standard InChI is InChI=1S/C19H14ClIN4O2/c20-11-2-1-3-14(10-11)25-17-15(16(23-25)18(22)26)8-9-24(19(17)27)13-6-4-12(21)5-7-13/h1-7,10H,8-9H2,(H2,22,26). The molecule has 1 aliphatic rings. The molecule has 0 radical (unpaired) electrons. The average Bonchev–Trinajstić information content (AvgIpc) is 3.04. The first-order chi connectivity index (χ1) is 13.0. The number of hydrogen-bond donors (Lipinski definition) is 1. The van der Waals surface area contributed by atoms with E-state index < -0.39 is 5.91 Å². The molecule has 2 heterocycles. The summed E-state index contributed by atoms with van der Waals surface area (Å²) in [4.78, 5) is 26.9. The van der Waals surface area contributed by atoms with Crippen LogP contribution < -0.4 is 10.6 Å². The Hall–Kier alpha value is -2.39. The van der Waals surface area contributed by atoms with Crippen LogP contribution in [0.3, 0.4) is 0 Å². The third-order valence-corrected chi connectivity index (χ3v) is 5.40. The number of carbonyl (C=O) groups excluding carboxylic acids is 2. The summed E-state index contributed by atoms with van der Waals surface area (Å²) < 4.78 is 2.55. The van der Waals surface area contributed by atoms with Gasteiger partial charge in [0.05, 0.1) is 5.69 Å². The summed E-state index contributed by atoms with van der Waals surface area (Å²) in [6.45, 7) is 0.452. The minimum Gasteiger partial charge on any atom is -0.364 e. The lowest BCUT2D eigenvalue weighted by molar-refractivity contribution is 0.0972. The van der Waals surface area contributed by atoms with E-state index in [-0.39, 0.29) is 11.6 Å². The number of hydrogen-bond acceptors (Lipinski definition) is 3. The minimum atomic E-state index is -0.650. The van der Waals surface area contributed by atoms with Gasteiger partial charge in [0.25, 0.3) is 11.8 Å². The third kappa shape index (κ3) is 3.21. The maximum absolute atomic E-state index is 13.3. The van der Waals surface area contributed by atoms with Gasteiger partial charge in [0.1, 0.15) is 5.69 Å². The number of primary amides is 1. The van der Waals surface area contributed by atoms with Crippen molar-refractivity contribution in [1.82, 2.24) is 9.78 Å². The fourth-order valence-electron chi connectivity index (χ4n) is 3.22. The predicted octanol–water partition coefficient (Wildman–Crippen LogP) is 3.43. The van der Waals surface area contributed by atoms with Crippen molar-refractivity contribution in [1.29, 1.82) is 0 Å². The number of carbonyl (C=O) groups is 2. The Balaban J connectivity index is 1.86. The molecule has 0 bridgehead atoms. The lowest BCUT2D eigenvalue weighted by Crippen LogP contribution is -2.39. The molecule has 4 rings (SSSR count). The van der Waals surface area contributed by atoms with Gasteiger partial charge >= 0.3 is 0 Å². The highest BCUT2D eigenvalue weighted by molar-refractivity contribution is 14.1. The number of nitrogens with two attached hydrogens (primary N) is 1. The molecule has 0 aliphatic carbocycles. The van der Waals surface area contributed by atoms with Crippen LogP contribution in [0.25, 0.3) is 5.69 Å². The van der Waals surface area contributed by atoms with Gasteiger partial charge in [-0.05, 0) is 71.5 Å². The van der Waals surface area contributed by atoms with Crippen molar-refractivity contribution >= 4 is 51.7 Å². The molecular weight excluding hydrogens is 479 g/mol. The SMILES string of the molecule is NC(=O)c1nn(-c2cccc(Cl)c2)c2c1CCN(c1ccc(I)cc1)C2=O. The Morgan fingerprint density at radius 3 is 2.56 bits per heavy atom. The first-order valence-electron chi connectivity index (χ1n) is 8.21. The molecule has 3 aromatic rings. The fraction of sp³-hybridized carbons (Fsp3) is 0.105. The number of benzene rings is 2. The number of anilines is 1. The molecule has 6 nitrogen and oxygen atoms in total. The van der Waals surface area contributed by atoms with E-state index in [2.05, 4.69) is 27.7 Å². The van der Waals surface area contributed by atoms with Crippen LogP contribution in [0.4, 0.5) is 5.69 Å². The van der Waals surface area contributed by atoms with E-state index in [1.54, 1.807) is 29.2 Å². The number of rotatable bonds is 3. The van der Waals surface area contributed by atoms with Crippen LogP contribution >= 0.6 is 34.2 Å². The number of halogens is 2. The number of fused-ring (bicyclic) bond motifs is 1. The predicted molar refractivity (Wildman–Crippen MR) is 112 cm³/mol. The summed E-state index contributed by atoms with van der Waals surface area (Å²) in [5, 5.41) is 4.84. The van der Waals surface area contributed by atoms with E-state index in [0.29, 0.717) is 34.9 Å². The molecule has 8 heteroatoms. The highest BCUT2D eigenvalue weighted by Crippen LogP contribution is 2.29. The summed E-state index contributed by atoms with van der Waals surface area (Å²) in [5.74, 6) is -0.875. The maximum Gasteiger partial charge on any atom is 0.277 e. The summed E-state index contributed by atoms with van der Waals surface area (Å²) in [7, 11) is 0. The number of amides is 2. The van der Waals surface area contributed by atoms with Gasteiger partial charge < -0.3 is 10.6 Å². The first kappa shape index (κ1) is 18.0. The van der Waals surface area contributed by atoms with E-state index in [4.69, 9.17) is 17.3 Å². The van der Waals surface area contributed by atoms with E-state index >= 15 is 0 Å². The third-order valence-electron chi connectivity index (χ3n) is 4.44. The summed E-state index contributed by atoms with van der Waals surface area (Å²) in [5.41, 5.74) is 7.95. The second-order valence-corrected chi connectivity index (χ2v) is 7.80. The van der Waals surface area contributed by atoms with Crippen molar-refractivity contribution in [3.63, 3.8) is 0 Å². The molecular formula is C19H14ClIN4O2. The van der Waals surface area contributed by atoms with E-state index in [9.17, 15) is 9.59 Å². The van der Waals surface area contributed by atoms with Crippen LogP contribution in [-0.2, 0) is 6.42 Å². The Kier molecular flexibility index (Phi) is 4.65. The zero-order valence-corrected chi connectivity index (χ0v) is 16.9. The monoisotopic (exact) mass is 492 g/mol. The van der Waals surface area contributed by atoms with Crippen molar-refractivity contribution in [3.8, 4) is 5.69 Å². The molecule has 136 valence electrons. The molecule has 0 saturated carbocycles. The van der Waals surface area contributed by atoms with E-state index in [1.165, 1.54) is 4.68 Å². The smallest absolute Gasteiger partial charge is 0.277 e. The van der Waals surface area contributed by atoms with Crippen LogP contribution in [0.1, 0.15) is 26.5 Å². The lowest BCUT2D eigenvalue weighted by Gasteiger charge is -2.27. The van der Waals surface area contributed by atoms with Crippen molar-refractivity contribution in [3.05, 3.63) is 74.1 Å². The highest BCUT2D eigenvalue weighted by atomic mass is 127. The molecule has 0 fully saturated rings. The Morgan fingerprint density at radius 2 is 1.89 bits per heavy atom. The van der Waals surface area contributed by atoms with Crippen molar-refractivity contribution in [2.45, 2.75) is 6.42 Å². The van der Waals surface area contributed by atoms with Crippen LogP contribution in [0.5, 0.6) is 0 Å². The molecule has 2 aromatic carbocycles. The number of nitrogens with zero attached hydrogens (tertiary/aromatic N) is 3. The van der Waals surface area contributed by atoms with Crippen LogP contribution in [0.15, 0.2) is 48.5 Å². The van der Waals surface area contributed by atoms with Gasteiger partial charge in [-0.25, -0.2) is 4.68 Å². The van der Waals surface area contributed by atoms with E-state index in [0.717, 1.165) is 9.26 Å². The minimum absolute atomic E-state index is 0.126. The second-order valence-electron chi connectivity index (χ2n) is 6.11. The Bertz CT molecular complexity index is 1060. The largest absolute Gasteiger partial charge is 0.364 e. The molecule has 27 heavy (non-hydrogen) atoms. The molecule has 1 aromatic heterocycles. The molecule has 0 unspecified atom stereocenters. The van der Waals surface area contributed by atoms with Crippen LogP contribution in [0, 0.1) is 3.57 Å². The molecule has 2 N–H and O–H groups in total. The maximum atomic E-state index is 13.3. The van der Waals surface area contributed by atoms with Crippen molar-refractivity contribution < 1.29 is 9.59 Å². The quantitative estimate of drug-likeness (QED) is 0.569. The molecule has 0 saturated heterocycles. The zero-order chi connectivity index (χ0) is 19.1. The van der Waals surface area contributed by atoms with Gasteiger partial charge in [-0.1, -0.05) is 17.7 Å². The van der Waals surface area contributed by atoms with Crippen LogP contribution in [0.2, 0.25) is 5.02 Å². The molecule has 1 aliphatic heterocycles. The van der Waals surface area contributed by atoms with Gasteiger partial charge in [-0.3, -0.25) is 9.59 Å². The average molecular weight is 493 g/mol. The van der Waals surface area contributed by atoms with Gasteiger partial charge in [0.2, 0.25) is 0 Å². The molecule has 0 spiro atoms. The number of aromatic nitrogens is 2. The Labute approximate surface area is 174 Å². The summed E-state index contributed by atoms with van der Waals surface area (Å²) in [6, 6.07) is 14.7. The van der Waals surface area contributed by atoms with E-state index in [1.807, 2.05) is 24.3 Å². The lowest BCUT2D eigenvalue weighted by atomic mass is 10.0. The molecule has 0 atom stereocenters. The first-order valence-corrected chi connectivity index (χ1v) is 9.66. The zero-order valence-electron chi connectivity index (χ0n) is 14.0. The second kappa shape index (κ2) is 6.97. The fourth-order valence-corrected chi connectivity index (χ4v) is 3.76. The normalized spacial score (nSPS) is 13.6. The van der Waals surface area contributed by atoms with Crippen molar-refractivity contribution in [2.75, 3.05) is 11.4 Å². The van der Waals surface area contributed by atoms with Crippen LogP contribution in [-0.4, -0.2) is 28.1 Å². The summed E-state index contributed by atoms with van der Waals surface area (Å²) in [6.07, 6.45) is 0.492. The molecule has 2 amide bonds. The Morgan fingerprint density at radius 1 is 1.15 bits per heavy atom. The van der Waals surface area contributed by atoms with Gasteiger partial charge in [-0.15, -0.1) is 0 Å². The van der Waals surface area contributed by atoms with Gasteiger partial charge in [-0.2, -0.15) is 5.10 Å². The highest BCUT2D eigenvalue weighted by Gasteiger charge is 2.34. The van der Waals surface area contributed by atoms with Crippen molar-refractivity contribution in [2.24, 2.45) is 5.73 Å². The summed E-state index contributed by atoms with van der Waals surface area (Å²) >= 11 is 8.31. The van der Waals surface area contributed by atoms with Gasteiger partial charge in [0, 0.05) is 26.4 Å².